The normalized spacial score (nSPS) is 20.2. The predicted octanol–water partition coefficient (Wildman–Crippen LogP) is 3.82. The van der Waals surface area contributed by atoms with Gasteiger partial charge >= 0.3 is 0 Å². The molecule has 13 heavy (non-hydrogen) atoms. The number of benzene rings is 1. The minimum atomic E-state index is -1.26. The summed E-state index contributed by atoms with van der Waals surface area (Å²) in [6, 6.07) is 7.82. The quantitative estimate of drug-likeness (QED) is 0.653. The molecule has 0 fully saturated rings. The van der Waals surface area contributed by atoms with Crippen LogP contribution >= 0.6 is 0 Å². The summed E-state index contributed by atoms with van der Waals surface area (Å²) in [5.74, 6) is 0. The van der Waals surface area contributed by atoms with Gasteiger partial charge in [-0.3, -0.25) is 0 Å². The van der Waals surface area contributed by atoms with Gasteiger partial charge in [0, 0.05) is 2.74 Å². The minimum Gasteiger partial charge on any atom is -0.0763 e. The van der Waals surface area contributed by atoms with Crippen molar-refractivity contribution < 1.29 is 2.74 Å². The van der Waals surface area contributed by atoms with E-state index in [1.54, 1.807) is 6.08 Å². The van der Waals surface area contributed by atoms with Gasteiger partial charge in [0.05, 0.1) is 0 Å². The third kappa shape index (κ3) is 1.67. The van der Waals surface area contributed by atoms with E-state index in [1.165, 1.54) is 5.57 Å². The molecule has 68 valence electrons. The van der Waals surface area contributed by atoms with Gasteiger partial charge in [0.25, 0.3) is 0 Å². The second kappa shape index (κ2) is 3.78. The van der Waals surface area contributed by atoms with Crippen LogP contribution in [0.4, 0.5) is 0 Å². The van der Waals surface area contributed by atoms with Crippen LogP contribution in [0.3, 0.4) is 0 Å². The van der Waals surface area contributed by atoms with Crippen LogP contribution in [0.15, 0.2) is 30.3 Å². The topological polar surface area (TPSA) is 0 Å². The number of fused-ring (bicyclic) bond motifs is 1. The average Bonchev–Trinajstić information content (AvgIpc) is 2.49. The lowest BCUT2D eigenvalue weighted by atomic mass is 10.0. The molecule has 0 amide bonds. The van der Waals surface area contributed by atoms with Crippen LogP contribution in [0, 0.1) is 0 Å². The highest BCUT2D eigenvalue weighted by molar-refractivity contribution is 5.72. The molecule has 1 aliphatic rings. The lowest BCUT2D eigenvalue weighted by Gasteiger charge is -2.03. The Labute approximate surface area is 83.1 Å². The smallest absolute Gasteiger partial charge is 0.0360 e. The van der Waals surface area contributed by atoms with E-state index in [9.17, 15) is 0 Å². The first-order chi connectivity index (χ1) is 7.15. The molecule has 0 aromatic heterocycles. The van der Waals surface area contributed by atoms with Crippen molar-refractivity contribution in [3.8, 4) is 0 Å². The molecule has 1 aromatic rings. The molecule has 2 rings (SSSR count). The fraction of sp³-hybridized carbons (Fsp3) is 0.385. The van der Waals surface area contributed by atoms with Crippen LogP contribution < -0.4 is 0 Å². The molecular weight excluding hydrogens is 156 g/mol. The van der Waals surface area contributed by atoms with E-state index >= 15 is 0 Å². The second-order valence-corrected chi connectivity index (χ2v) is 3.46. The Kier molecular flexibility index (Phi) is 1.87. The maximum Gasteiger partial charge on any atom is 0.0360 e. The lowest BCUT2D eigenvalue weighted by Crippen LogP contribution is -1.83. The summed E-state index contributed by atoms with van der Waals surface area (Å²) < 4.78 is 15.8. The van der Waals surface area contributed by atoms with Gasteiger partial charge in [-0.05, 0) is 35.9 Å². The Bertz CT molecular complexity index is 391. The molecule has 1 aliphatic carbocycles. The molecule has 0 saturated carbocycles. The zero-order valence-corrected chi connectivity index (χ0v) is 8.01. The molecule has 0 unspecified atom stereocenters. The number of allylic oxidation sites excluding steroid dienone is 2. The van der Waals surface area contributed by atoms with E-state index in [-0.39, 0.29) is 0 Å². The molecule has 0 radical (unpaired) electrons. The van der Waals surface area contributed by atoms with E-state index in [4.69, 9.17) is 2.74 Å². The van der Waals surface area contributed by atoms with Crippen LogP contribution in [0.25, 0.3) is 5.57 Å². The van der Waals surface area contributed by atoms with Gasteiger partial charge in [-0.2, -0.15) is 0 Å². The molecule has 0 saturated heterocycles. The SMILES string of the molecule is [2H]C1([2H])C=C(CCCC)c2ccccc21. The van der Waals surface area contributed by atoms with E-state index in [0.717, 1.165) is 30.4 Å². The van der Waals surface area contributed by atoms with Crippen LogP contribution in [0.2, 0.25) is 0 Å². The zero-order chi connectivity index (χ0) is 10.9. The van der Waals surface area contributed by atoms with Gasteiger partial charge in [-0.15, -0.1) is 0 Å². The van der Waals surface area contributed by atoms with Crippen molar-refractivity contribution in [3.05, 3.63) is 41.5 Å². The molecule has 1 aromatic carbocycles. The number of hydrogen-bond acceptors (Lipinski definition) is 0. The molecule has 0 spiro atoms. The Hall–Kier alpha value is -1.04. The molecule has 0 aliphatic heterocycles. The summed E-state index contributed by atoms with van der Waals surface area (Å²) in [5, 5.41) is 0. The fourth-order valence-electron chi connectivity index (χ4n) is 1.71. The predicted molar refractivity (Wildman–Crippen MR) is 57.6 cm³/mol. The van der Waals surface area contributed by atoms with Crippen LogP contribution in [0.5, 0.6) is 0 Å². The van der Waals surface area contributed by atoms with E-state index in [1.807, 2.05) is 24.3 Å². The van der Waals surface area contributed by atoms with Gasteiger partial charge in [-0.1, -0.05) is 43.7 Å². The van der Waals surface area contributed by atoms with Gasteiger partial charge < -0.3 is 0 Å². The highest BCUT2D eigenvalue weighted by Gasteiger charge is 2.11. The molecular formula is C13H16. The zero-order valence-electron chi connectivity index (χ0n) is 10.0. The van der Waals surface area contributed by atoms with Crippen molar-refractivity contribution in [2.75, 3.05) is 0 Å². The Morgan fingerprint density at radius 3 is 3.08 bits per heavy atom. The minimum absolute atomic E-state index is 0.830. The highest BCUT2D eigenvalue weighted by atomic mass is 14.2. The summed E-state index contributed by atoms with van der Waals surface area (Å²) in [5.41, 5.74) is 3.12. The first-order valence-electron chi connectivity index (χ1n) is 5.97. The maximum absolute atomic E-state index is 7.92. The number of rotatable bonds is 3. The number of hydrogen-bond donors (Lipinski definition) is 0. The summed E-state index contributed by atoms with van der Waals surface area (Å²) >= 11 is 0. The monoisotopic (exact) mass is 174 g/mol. The summed E-state index contributed by atoms with van der Waals surface area (Å²) in [6.45, 7) is 2.16. The van der Waals surface area contributed by atoms with Crippen molar-refractivity contribution in [1.29, 1.82) is 0 Å². The van der Waals surface area contributed by atoms with Crippen molar-refractivity contribution in [2.45, 2.75) is 32.6 Å². The summed E-state index contributed by atoms with van der Waals surface area (Å²) in [4.78, 5) is 0. The van der Waals surface area contributed by atoms with Crippen molar-refractivity contribution in [2.24, 2.45) is 0 Å². The van der Waals surface area contributed by atoms with Gasteiger partial charge in [0.15, 0.2) is 0 Å². The van der Waals surface area contributed by atoms with Gasteiger partial charge in [0.2, 0.25) is 0 Å². The maximum atomic E-state index is 7.92. The van der Waals surface area contributed by atoms with E-state index in [0.29, 0.717) is 0 Å². The highest BCUT2D eigenvalue weighted by Crippen LogP contribution is 2.30. The first-order valence-corrected chi connectivity index (χ1v) is 4.97. The lowest BCUT2D eigenvalue weighted by molar-refractivity contribution is 0.825. The average molecular weight is 174 g/mol. The van der Waals surface area contributed by atoms with Gasteiger partial charge in [-0.25, -0.2) is 0 Å². The molecule has 0 heterocycles. The number of unbranched alkanes of at least 4 members (excludes halogenated alkanes) is 1. The van der Waals surface area contributed by atoms with Crippen LogP contribution in [0.1, 0.15) is 40.1 Å². The Morgan fingerprint density at radius 2 is 2.23 bits per heavy atom. The first kappa shape index (κ1) is 6.42. The molecule has 0 heteroatoms. The third-order valence-corrected chi connectivity index (χ3v) is 2.47. The van der Waals surface area contributed by atoms with E-state index < -0.39 is 6.37 Å². The largest absolute Gasteiger partial charge is 0.0763 e. The third-order valence-electron chi connectivity index (χ3n) is 2.47. The van der Waals surface area contributed by atoms with Crippen LogP contribution in [-0.4, -0.2) is 0 Å². The molecule has 0 atom stereocenters. The van der Waals surface area contributed by atoms with Crippen molar-refractivity contribution in [1.82, 2.24) is 0 Å². The van der Waals surface area contributed by atoms with E-state index in [2.05, 4.69) is 6.92 Å². The van der Waals surface area contributed by atoms with Crippen LogP contribution in [-0.2, 0) is 6.37 Å². The fourth-order valence-corrected chi connectivity index (χ4v) is 1.71. The molecule has 0 N–H and O–H groups in total. The Balaban J connectivity index is 2.35. The standard InChI is InChI=1S/C13H16/c1-2-3-6-11-9-10-12-7-4-5-8-13(11)12/h4-5,7-9H,2-3,6,10H2,1H3/i10D2. The van der Waals surface area contributed by atoms with Crippen molar-refractivity contribution >= 4 is 5.57 Å². The Morgan fingerprint density at radius 1 is 1.38 bits per heavy atom. The second-order valence-electron chi connectivity index (χ2n) is 3.46. The summed E-state index contributed by atoms with van der Waals surface area (Å²) in [7, 11) is 0. The molecule has 0 nitrogen and oxygen atoms in total. The van der Waals surface area contributed by atoms with Crippen molar-refractivity contribution in [3.63, 3.8) is 0 Å². The molecule has 0 bridgehead atoms. The van der Waals surface area contributed by atoms with Gasteiger partial charge in [0.1, 0.15) is 0 Å². The summed E-state index contributed by atoms with van der Waals surface area (Å²) in [6.07, 6.45) is 3.80.